The molecule has 5 heteroatoms. The van der Waals surface area contributed by atoms with Crippen LogP contribution in [0.15, 0.2) is 48.5 Å². The van der Waals surface area contributed by atoms with Crippen molar-refractivity contribution in [3.05, 3.63) is 59.1 Å². The van der Waals surface area contributed by atoms with Gasteiger partial charge in [0.2, 0.25) is 0 Å². The van der Waals surface area contributed by atoms with E-state index in [4.69, 9.17) is 11.6 Å². The Labute approximate surface area is 141 Å². The number of nitrogens with zero attached hydrogens (tertiary/aromatic N) is 1. The third-order valence-corrected chi connectivity index (χ3v) is 4.26. The molecule has 1 fully saturated rings. The number of hydrogen-bond acceptors (Lipinski definition) is 2. The highest BCUT2D eigenvalue weighted by Gasteiger charge is 2.39. The lowest BCUT2D eigenvalue weighted by atomic mass is 10.1. The molecule has 1 aliphatic rings. The Bertz CT molecular complexity index is 700. The third-order valence-electron chi connectivity index (χ3n) is 4.03. The fraction of sp³-hybridized carbons (Fsp3) is 0.278. The highest BCUT2D eigenvalue weighted by molar-refractivity contribution is 6.30. The minimum Gasteiger partial charge on any atom is -0.378 e. The van der Waals surface area contributed by atoms with Gasteiger partial charge in [0.15, 0.2) is 0 Å². The highest BCUT2D eigenvalue weighted by Crippen LogP contribution is 2.41. The third kappa shape index (κ3) is 3.96. The molecule has 2 amide bonds. The molecule has 0 heterocycles. The van der Waals surface area contributed by atoms with E-state index in [1.165, 1.54) is 5.56 Å². The van der Waals surface area contributed by atoms with E-state index in [9.17, 15) is 4.79 Å². The van der Waals surface area contributed by atoms with Gasteiger partial charge >= 0.3 is 6.03 Å². The minimum absolute atomic E-state index is 0.169. The molecule has 0 aliphatic heterocycles. The largest absolute Gasteiger partial charge is 0.378 e. The molecule has 1 saturated carbocycles. The summed E-state index contributed by atoms with van der Waals surface area (Å²) in [5, 5.41) is 6.61. The van der Waals surface area contributed by atoms with Crippen molar-refractivity contribution in [2.24, 2.45) is 0 Å². The van der Waals surface area contributed by atoms with Gasteiger partial charge in [-0.25, -0.2) is 4.79 Å². The van der Waals surface area contributed by atoms with Crippen LogP contribution in [-0.4, -0.2) is 26.2 Å². The Kier molecular flexibility index (Phi) is 4.44. The number of urea groups is 1. The number of carbonyl (C=O) groups is 1. The van der Waals surface area contributed by atoms with Gasteiger partial charge in [0, 0.05) is 42.5 Å². The fourth-order valence-electron chi connectivity index (χ4n) is 2.64. The van der Waals surface area contributed by atoms with Crippen molar-refractivity contribution in [1.82, 2.24) is 5.32 Å². The molecule has 3 rings (SSSR count). The molecule has 0 unspecified atom stereocenters. The van der Waals surface area contributed by atoms with E-state index in [0.717, 1.165) is 22.8 Å². The average molecular weight is 330 g/mol. The van der Waals surface area contributed by atoms with Gasteiger partial charge in [0.25, 0.3) is 0 Å². The summed E-state index contributed by atoms with van der Waals surface area (Å²) >= 11 is 6.01. The Hall–Kier alpha value is -2.20. The van der Waals surface area contributed by atoms with E-state index in [2.05, 4.69) is 16.7 Å². The van der Waals surface area contributed by atoms with Crippen molar-refractivity contribution in [1.29, 1.82) is 0 Å². The van der Waals surface area contributed by atoms with Gasteiger partial charge in [0.1, 0.15) is 0 Å². The van der Waals surface area contributed by atoms with Gasteiger partial charge in [0.05, 0.1) is 0 Å². The zero-order valence-corrected chi connectivity index (χ0v) is 14.0. The molecular formula is C18H20ClN3O. The summed E-state index contributed by atoms with van der Waals surface area (Å²) in [5.74, 6) is 0.357. The summed E-state index contributed by atoms with van der Waals surface area (Å²) in [6.45, 7) is 0. The smallest absolute Gasteiger partial charge is 0.319 e. The monoisotopic (exact) mass is 329 g/mol. The second-order valence-electron chi connectivity index (χ2n) is 6.04. The van der Waals surface area contributed by atoms with Crippen LogP contribution in [-0.2, 0) is 0 Å². The summed E-state index contributed by atoms with van der Waals surface area (Å²) < 4.78 is 0. The summed E-state index contributed by atoms with van der Waals surface area (Å²) in [4.78, 5) is 14.1. The molecule has 2 aromatic carbocycles. The number of benzene rings is 2. The molecule has 120 valence electrons. The van der Waals surface area contributed by atoms with Crippen LogP contribution in [0.4, 0.5) is 16.2 Å². The van der Waals surface area contributed by atoms with Gasteiger partial charge in [-0.15, -0.1) is 0 Å². The molecule has 1 aliphatic carbocycles. The molecule has 0 saturated heterocycles. The molecule has 0 aromatic heterocycles. The standard InChI is InChI=1S/C18H20ClN3O/c1-22(2)15-8-6-14(7-9-15)20-18(23)21-17-11-16(17)12-4-3-5-13(19)10-12/h3-10,16-17H,11H2,1-2H3,(H2,20,21,23)/t16-,17+/m1/s1. The first-order valence-corrected chi connectivity index (χ1v) is 8.01. The zero-order valence-electron chi connectivity index (χ0n) is 13.2. The van der Waals surface area contributed by atoms with E-state index in [0.29, 0.717) is 5.92 Å². The highest BCUT2D eigenvalue weighted by atomic mass is 35.5. The Morgan fingerprint density at radius 2 is 1.91 bits per heavy atom. The first-order valence-electron chi connectivity index (χ1n) is 7.63. The van der Waals surface area contributed by atoms with Crippen LogP contribution in [0, 0.1) is 0 Å². The van der Waals surface area contributed by atoms with Crippen LogP contribution in [0.25, 0.3) is 0 Å². The maximum atomic E-state index is 12.1. The van der Waals surface area contributed by atoms with Crippen LogP contribution in [0.1, 0.15) is 17.9 Å². The summed E-state index contributed by atoms with van der Waals surface area (Å²) in [6, 6.07) is 15.6. The molecule has 23 heavy (non-hydrogen) atoms. The van der Waals surface area contributed by atoms with E-state index in [1.54, 1.807) is 0 Å². The van der Waals surface area contributed by atoms with Crippen molar-refractivity contribution in [2.75, 3.05) is 24.3 Å². The second-order valence-corrected chi connectivity index (χ2v) is 6.48. The molecule has 0 bridgehead atoms. The Morgan fingerprint density at radius 1 is 1.17 bits per heavy atom. The van der Waals surface area contributed by atoms with Crippen molar-refractivity contribution in [3.8, 4) is 0 Å². The predicted octanol–water partition coefficient (Wildman–Crippen LogP) is 4.08. The van der Waals surface area contributed by atoms with Gasteiger partial charge in [-0.05, 0) is 48.4 Å². The number of amides is 2. The minimum atomic E-state index is -0.169. The second kappa shape index (κ2) is 6.50. The van der Waals surface area contributed by atoms with E-state index in [1.807, 2.05) is 61.5 Å². The normalized spacial score (nSPS) is 19.1. The van der Waals surface area contributed by atoms with Gasteiger partial charge < -0.3 is 15.5 Å². The Morgan fingerprint density at radius 3 is 2.57 bits per heavy atom. The number of hydrogen-bond donors (Lipinski definition) is 2. The lowest BCUT2D eigenvalue weighted by Crippen LogP contribution is -2.31. The zero-order chi connectivity index (χ0) is 16.4. The molecule has 0 spiro atoms. The van der Waals surface area contributed by atoms with Crippen molar-refractivity contribution >= 4 is 29.0 Å². The van der Waals surface area contributed by atoms with E-state index >= 15 is 0 Å². The van der Waals surface area contributed by atoms with E-state index < -0.39 is 0 Å². The average Bonchev–Trinajstić information content (AvgIpc) is 3.26. The number of rotatable bonds is 4. The number of carbonyl (C=O) groups excluding carboxylic acids is 1. The molecule has 4 nitrogen and oxygen atoms in total. The quantitative estimate of drug-likeness (QED) is 0.887. The van der Waals surface area contributed by atoms with Crippen LogP contribution in [0.3, 0.4) is 0 Å². The van der Waals surface area contributed by atoms with Gasteiger partial charge in [-0.3, -0.25) is 0 Å². The molecule has 2 N–H and O–H groups in total. The van der Waals surface area contributed by atoms with E-state index in [-0.39, 0.29) is 12.1 Å². The topological polar surface area (TPSA) is 44.4 Å². The van der Waals surface area contributed by atoms with Crippen LogP contribution < -0.4 is 15.5 Å². The first-order chi connectivity index (χ1) is 11.0. The van der Waals surface area contributed by atoms with Crippen molar-refractivity contribution in [3.63, 3.8) is 0 Å². The molecule has 2 atom stereocenters. The predicted molar refractivity (Wildman–Crippen MR) is 95.5 cm³/mol. The maximum absolute atomic E-state index is 12.1. The van der Waals surface area contributed by atoms with Gasteiger partial charge in [-0.1, -0.05) is 23.7 Å². The van der Waals surface area contributed by atoms with Gasteiger partial charge in [-0.2, -0.15) is 0 Å². The first kappa shape index (κ1) is 15.7. The summed E-state index contributed by atoms with van der Waals surface area (Å²) in [6.07, 6.45) is 0.952. The van der Waals surface area contributed by atoms with Crippen molar-refractivity contribution in [2.45, 2.75) is 18.4 Å². The SMILES string of the molecule is CN(C)c1ccc(NC(=O)N[C@H]2C[C@@H]2c2cccc(Cl)c2)cc1. The molecular weight excluding hydrogens is 310 g/mol. The number of halogens is 1. The number of nitrogens with one attached hydrogen (secondary N) is 2. The molecule has 2 aromatic rings. The molecule has 0 radical (unpaired) electrons. The van der Waals surface area contributed by atoms with Crippen LogP contribution >= 0.6 is 11.6 Å². The van der Waals surface area contributed by atoms with Crippen LogP contribution in [0.2, 0.25) is 5.02 Å². The summed E-state index contributed by atoms with van der Waals surface area (Å²) in [7, 11) is 3.97. The Balaban J connectivity index is 1.52. The lowest BCUT2D eigenvalue weighted by molar-refractivity contribution is 0.251. The maximum Gasteiger partial charge on any atom is 0.319 e. The summed E-state index contributed by atoms with van der Waals surface area (Å²) in [5.41, 5.74) is 3.06. The fourth-order valence-corrected chi connectivity index (χ4v) is 2.84. The van der Waals surface area contributed by atoms with Crippen molar-refractivity contribution < 1.29 is 4.79 Å². The van der Waals surface area contributed by atoms with Crippen LogP contribution in [0.5, 0.6) is 0 Å². The lowest BCUT2D eigenvalue weighted by Gasteiger charge is -2.13. The number of anilines is 2.